The summed E-state index contributed by atoms with van der Waals surface area (Å²) >= 11 is 8.89. The lowest BCUT2D eigenvalue weighted by molar-refractivity contribution is 0.153. The lowest BCUT2D eigenvalue weighted by Crippen LogP contribution is -2.36. The number of hydrogen-bond acceptors (Lipinski definition) is 4. The maximum Gasteiger partial charge on any atom is 0.707 e. The smallest absolute Gasteiger partial charge is 0.366 e. The minimum atomic E-state index is -4.12. The van der Waals surface area contributed by atoms with E-state index in [1.807, 2.05) is 0 Å². The molecule has 0 bridgehead atoms. The van der Waals surface area contributed by atoms with E-state index in [1.54, 1.807) is 0 Å². The molecule has 0 aromatic heterocycles. The van der Waals surface area contributed by atoms with E-state index < -0.39 is 9.05 Å². The molecule has 7 heavy (non-hydrogen) atoms. The predicted octanol–water partition coefficient (Wildman–Crippen LogP) is -0.253. The van der Waals surface area contributed by atoms with E-state index >= 15 is 0 Å². The zero-order valence-corrected chi connectivity index (χ0v) is 5.48. The molecule has 0 rings (SSSR count). The van der Waals surface area contributed by atoms with Crippen LogP contribution in [-0.4, -0.2) is 18.6 Å². The second-order valence-corrected chi connectivity index (χ2v) is 3.03. The summed E-state index contributed by atoms with van der Waals surface area (Å²) < 4.78 is 6.91. The monoisotopic (exact) mass is 164 g/mol. The van der Waals surface area contributed by atoms with Crippen LogP contribution in [0.2, 0.25) is 0 Å². The van der Waals surface area contributed by atoms with Crippen LogP contribution in [0.25, 0.3) is 0 Å². The SMILES string of the molecule is O[Si](O)(OCl)OCl. The van der Waals surface area contributed by atoms with Crippen molar-refractivity contribution in [2.24, 2.45) is 0 Å². The highest BCUT2D eigenvalue weighted by molar-refractivity contribution is 6.59. The highest BCUT2D eigenvalue weighted by Gasteiger charge is 2.36. The molecular weight excluding hydrogens is 163 g/mol. The van der Waals surface area contributed by atoms with Crippen LogP contribution in [0.15, 0.2) is 0 Å². The van der Waals surface area contributed by atoms with Crippen molar-refractivity contribution in [2.45, 2.75) is 0 Å². The Bertz CT molecular complexity index is 47.7. The first-order valence-electron chi connectivity index (χ1n) is 1.16. The van der Waals surface area contributed by atoms with Gasteiger partial charge >= 0.3 is 9.05 Å². The first-order chi connectivity index (χ1) is 3.12. The van der Waals surface area contributed by atoms with Crippen LogP contribution in [0.5, 0.6) is 0 Å². The molecule has 0 atom stereocenters. The minimum absolute atomic E-state index is 3.45. The van der Waals surface area contributed by atoms with E-state index in [0.717, 1.165) is 0 Å². The van der Waals surface area contributed by atoms with Crippen LogP contribution in [-0.2, 0) is 7.96 Å². The second-order valence-electron chi connectivity index (χ2n) is 0.703. The van der Waals surface area contributed by atoms with Gasteiger partial charge in [-0.05, 0) is 0 Å². The Kier molecular flexibility index (Phi) is 3.08. The van der Waals surface area contributed by atoms with Crippen molar-refractivity contribution in [1.29, 1.82) is 0 Å². The van der Waals surface area contributed by atoms with E-state index in [2.05, 4.69) is 31.7 Å². The number of rotatable bonds is 2. The van der Waals surface area contributed by atoms with Crippen LogP contribution < -0.4 is 0 Å². The molecule has 0 amide bonds. The van der Waals surface area contributed by atoms with E-state index in [0.29, 0.717) is 0 Å². The molecule has 0 aliphatic rings. The Hall–Kier alpha value is 0.637. The largest absolute Gasteiger partial charge is 0.707 e. The molecular formula is H2Cl2O4Si. The Morgan fingerprint density at radius 1 is 1.14 bits per heavy atom. The number of halogens is 2. The first-order valence-corrected chi connectivity index (χ1v) is 3.49. The molecule has 0 spiro atoms. The normalized spacial score (nSPS) is 12.0. The molecule has 44 valence electrons. The van der Waals surface area contributed by atoms with E-state index in [-0.39, 0.29) is 0 Å². The third-order valence-electron chi connectivity index (χ3n) is 0.201. The molecule has 0 heterocycles. The van der Waals surface area contributed by atoms with Crippen LogP contribution >= 0.6 is 23.7 Å². The van der Waals surface area contributed by atoms with Crippen LogP contribution in [0.4, 0.5) is 0 Å². The summed E-state index contributed by atoms with van der Waals surface area (Å²) in [4.78, 5) is 16.2. The van der Waals surface area contributed by atoms with Gasteiger partial charge < -0.3 is 9.59 Å². The molecule has 0 aromatic carbocycles. The lowest BCUT2D eigenvalue weighted by Gasteiger charge is -2.03. The van der Waals surface area contributed by atoms with Gasteiger partial charge in [-0.3, -0.25) is 0 Å². The molecule has 7 heteroatoms. The van der Waals surface area contributed by atoms with Gasteiger partial charge in [0.25, 0.3) is 0 Å². The average Bonchev–Trinajstić information content (AvgIpc) is 1.68. The van der Waals surface area contributed by atoms with Gasteiger partial charge in [-0.1, -0.05) is 0 Å². The standard InChI is InChI=1S/Cl2H2O4Si/c1-5-7(3,4)6-2/h3-4H. The first kappa shape index (κ1) is 7.64. The van der Waals surface area contributed by atoms with E-state index in [9.17, 15) is 0 Å². The Balaban J connectivity index is 3.36. The molecule has 0 fully saturated rings. The van der Waals surface area contributed by atoms with Crippen molar-refractivity contribution in [1.82, 2.24) is 0 Å². The third-order valence-corrected chi connectivity index (χ3v) is 1.81. The summed E-state index contributed by atoms with van der Waals surface area (Å²) in [5, 5.41) is 0. The van der Waals surface area contributed by atoms with Crippen LogP contribution in [0, 0.1) is 0 Å². The van der Waals surface area contributed by atoms with Crippen molar-refractivity contribution in [3.05, 3.63) is 0 Å². The maximum absolute atomic E-state index is 8.12. The van der Waals surface area contributed by atoms with Crippen LogP contribution in [0.3, 0.4) is 0 Å². The van der Waals surface area contributed by atoms with Gasteiger partial charge in [-0.2, -0.15) is 0 Å². The fourth-order valence-electron chi connectivity index (χ4n) is 0.0119. The third kappa shape index (κ3) is 3.24. The van der Waals surface area contributed by atoms with E-state index in [1.165, 1.54) is 0 Å². The van der Waals surface area contributed by atoms with Gasteiger partial charge in [0.05, 0.1) is 23.7 Å². The van der Waals surface area contributed by atoms with Gasteiger partial charge in [0.2, 0.25) is 0 Å². The van der Waals surface area contributed by atoms with Crippen molar-refractivity contribution in [3.63, 3.8) is 0 Å². The van der Waals surface area contributed by atoms with Crippen molar-refractivity contribution >= 4 is 32.8 Å². The van der Waals surface area contributed by atoms with Crippen molar-refractivity contribution in [3.8, 4) is 0 Å². The molecule has 0 aromatic rings. The highest BCUT2D eigenvalue weighted by Crippen LogP contribution is 2.01. The van der Waals surface area contributed by atoms with Crippen molar-refractivity contribution < 1.29 is 17.5 Å². The van der Waals surface area contributed by atoms with Crippen LogP contribution in [0.1, 0.15) is 0 Å². The summed E-state index contributed by atoms with van der Waals surface area (Å²) in [6.45, 7) is 0. The quantitative estimate of drug-likeness (QED) is 0.553. The molecule has 2 N–H and O–H groups in total. The van der Waals surface area contributed by atoms with Gasteiger partial charge in [0.15, 0.2) is 0 Å². The van der Waals surface area contributed by atoms with Crippen molar-refractivity contribution in [2.75, 3.05) is 0 Å². The highest BCUT2D eigenvalue weighted by atomic mass is 35.5. The molecule has 0 saturated heterocycles. The second kappa shape index (κ2) is 2.83. The average molecular weight is 165 g/mol. The molecule has 0 radical (unpaired) electrons. The Labute approximate surface area is 51.0 Å². The summed E-state index contributed by atoms with van der Waals surface area (Å²) in [6, 6.07) is 0. The molecule has 0 aliphatic heterocycles. The van der Waals surface area contributed by atoms with Gasteiger partial charge in [0, 0.05) is 0 Å². The Morgan fingerprint density at radius 3 is 1.43 bits per heavy atom. The summed E-state index contributed by atoms with van der Waals surface area (Å²) in [7, 11) is -4.12. The molecule has 4 nitrogen and oxygen atoms in total. The summed E-state index contributed by atoms with van der Waals surface area (Å²) in [6.07, 6.45) is 0. The zero-order valence-electron chi connectivity index (χ0n) is 2.97. The number of hydrogen-bond donors (Lipinski definition) is 2. The zero-order chi connectivity index (χ0) is 5.91. The van der Waals surface area contributed by atoms with Gasteiger partial charge in [-0.25, -0.2) is 7.96 Å². The predicted molar refractivity (Wildman–Crippen MR) is 24.1 cm³/mol. The maximum atomic E-state index is 8.12. The van der Waals surface area contributed by atoms with Gasteiger partial charge in [-0.15, -0.1) is 0 Å². The minimum Gasteiger partial charge on any atom is -0.366 e. The molecule has 0 saturated carbocycles. The fourth-order valence-corrected chi connectivity index (χ4v) is 0.321. The fraction of sp³-hybridized carbons (Fsp3) is 0. The molecule has 0 aliphatic carbocycles. The van der Waals surface area contributed by atoms with E-state index in [4.69, 9.17) is 9.59 Å². The Morgan fingerprint density at radius 2 is 1.43 bits per heavy atom. The summed E-state index contributed by atoms with van der Waals surface area (Å²) in [5.74, 6) is 0. The topological polar surface area (TPSA) is 58.9 Å². The van der Waals surface area contributed by atoms with Gasteiger partial charge in [0.1, 0.15) is 0 Å². The molecule has 0 unspecified atom stereocenters. The lowest BCUT2D eigenvalue weighted by atomic mass is 15.7. The summed E-state index contributed by atoms with van der Waals surface area (Å²) in [5.41, 5.74) is 0.